The molecule has 0 atom stereocenters. The molecular weight excluding hydrogens is 613 g/mol. The van der Waals surface area contributed by atoms with Crippen LogP contribution < -0.4 is 0 Å². The Kier molecular flexibility index (Phi) is 8.20. The van der Waals surface area contributed by atoms with Gasteiger partial charge in [0.1, 0.15) is 0 Å². The Labute approximate surface area is 290 Å². The maximum Gasteiger partial charge on any atom is 0.164 e. The van der Waals surface area contributed by atoms with Crippen LogP contribution in [0.5, 0.6) is 0 Å². The van der Waals surface area contributed by atoms with Crippen molar-refractivity contribution in [1.82, 2.24) is 24.9 Å². The summed E-state index contributed by atoms with van der Waals surface area (Å²) in [4.78, 5) is 25.5. The van der Waals surface area contributed by atoms with Gasteiger partial charge in [-0.3, -0.25) is 0 Å². The highest BCUT2D eigenvalue weighted by Crippen LogP contribution is 2.38. The summed E-state index contributed by atoms with van der Waals surface area (Å²) in [5, 5.41) is 9.52. The lowest BCUT2D eigenvalue weighted by atomic mass is 9.98. The first kappa shape index (κ1) is 30.2. The van der Waals surface area contributed by atoms with Crippen LogP contribution in [-0.2, 0) is 0 Å². The molecule has 0 aliphatic heterocycles. The van der Waals surface area contributed by atoms with E-state index in [4.69, 9.17) is 24.9 Å². The second-order valence-corrected chi connectivity index (χ2v) is 11.7. The van der Waals surface area contributed by atoms with Crippen LogP contribution in [0, 0.1) is 11.3 Å². The van der Waals surface area contributed by atoms with Crippen LogP contribution in [0.1, 0.15) is 5.56 Å². The summed E-state index contributed by atoms with van der Waals surface area (Å²) in [7, 11) is 0. The van der Waals surface area contributed by atoms with Gasteiger partial charge in [0.15, 0.2) is 17.5 Å². The summed E-state index contributed by atoms with van der Waals surface area (Å²) in [5.74, 6) is 1.74. The molecule has 0 radical (unpaired) electrons. The van der Waals surface area contributed by atoms with Crippen molar-refractivity contribution in [2.75, 3.05) is 0 Å². The van der Waals surface area contributed by atoms with Gasteiger partial charge in [-0.25, -0.2) is 24.9 Å². The van der Waals surface area contributed by atoms with Gasteiger partial charge in [-0.2, -0.15) is 5.26 Å². The third-order valence-electron chi connectivity index (χ3n) is 8.37. The van der Waals surface area contributed by atoms with E-state index in [1.807, 2.05) is 140 Å². The highest BCUT2D eigenvalue weighted by Gasteiger charge is 2.20. The molecule has 50 heavy (non-hydrogen) atoms. The number of hydrogen-bond donors (Lipinski definition) is 0. The molecule has 2 aromatic heterocycles. The first-order valence-electron chi connectivity index (χ1n) is 16.2. The average Bonchev–Trinajstić information content (AvgIpc) is 3.21. The lowest BCUT2D eigenvalue weighted by Crippen LogP contribution is -2.02. The Bertz CT molecular complexity index is 2400. The van der Waals surface area contributed by atoms with Crippen LogP contribution in [0.15, 0.2) is 170 Å². The zero-order valence-electron chi connectivity index (χ0n) is 26.8. The molecule has 234 valence electrons. The van der Waals surface area contributed by atoms with Gasteiger partial charge >= 0.3 is 0 Å². The molecule has 0 aliphatic carbocycles. The highest BCUT2D eigenvalue weighted by molar-refractivity contribution is 5.87. The Balaban J connectivity index is 1.35. The zero-order valence-corrected chi connectivity index (χ0v) is 26.8. The van der Waals surface area contributed by atoms with Gasteiger partial charge in [0.2, 0.25) is 0 Å². The summed E-state index contributed by atoms with van der Waals surface area (Å²) >= 11 is 0. The predicted molar refractivity (Wildman–Crippen MR) is 198 cm³/mol. The fraction of sp³-hybridized carbons (Fsp3) is 0. The minimum absolute atomic E-state index is 0.552. The quantitative estimate of drug-likeness (QED) is 0.172. The molecule has 8 rings (SSSR count). The van der Waals surface area contributed by atoms with Gasteiger partial charge in [-0.05, 0) is 18.2 Å². The third-order valence-corrected chi connectivity index (χ3v) is 8.37. The Hall–Kier alpha value is -7.10. The number of aromatic nitrogens is 5. The summed E-state index contributed by atoms with van der Waals surface area (Å²) in [5.41, 5.74) is 9.78. The molecule has 0 unspecified atom stereocenters. The second kappa shape index (κ2) is 13.6. The van der Waals surface area contributed by atoms with Crippen molar-refractivity contribution in [1.29, 1.82) is 5.26 Å². The van der Waals surface area contributed by atoms with Gasteiger partial charge in [0, 0.05) is 38.9 Å². The molecule has 0 saturated heterocycles. The molecule has 2 heterocycles. The first-order valence-corrected chi connectivity index (χ1v) is 16.2. The highest BCUT2D eigenvalue weighted by atomic mass is 15.0. The molecule has 0 amide bonds. The molecule has 0 fully saturated rings. The molecule has 6 heteroatoms. The van der Waals surface area contributed by atoms with E-state index in [1.165, 1.54) is 0 Å². The van der Waals surface area contributed by atoms with E-state index >= 15 is 0 Å². The molecule has 6 nitrogen and oxygen atoms in total. The minimum atomic E-state index is 0.552. The fourth-order valence-electron chi connectivity index (χ4n) is 5.88. The Morgan fingerprint density at radius 3 is 1.08 bits per heavy atom. The molecule has 8 aromatic rings. The van der Waals surface area contributed by atoms with E-state index in [-0.39, 0.29) is 0 Å². The van der Waals surface area contributed by atoms with E-state index in [2.05, 4.69) is 36.4 Å². The van der Waals surface area contributed by atoms with E-state index in [0.29, 0.717) is 34.4 Å². The molecule has 6 aromatic carbocycles. The first-order chi connectivity index (χ1) is 24.7. The summed E-state index contributed by atoms with van der Waals surface area (Å²) < 4.78 is 0. The van der Waals surface area contributed by atoms with Crippen molar-refractivity contribution in [2.24, 2.45) is 0 Å². The van der Waals surface area contributed by atoms with Crippen molar-refractivity contribution < 1.29 is 0 Å². The maximum absolute atomic E-state index is 9.52. The van der Waals surface area contributed by atoms with Crippen LogP contribution >= 0.6 is 0 Å². The van der Waals surface area contributed by atoms with Crippen LogP contribution in [0.3, 0.4) is 0 Å². The van der Waals surface area contributed by atoms with Crippen molar-refractivity contribution in [3.8, 4) is 85.3 Å². The number of rotatable bonds is 7. The molecule has 0 saturated carbocycles. The summed E-state index contributed by atoms with van der Waals surface area (Å²) in [6.07, 6.45) is 0. The SMILES string of the molecule is N#Cc1ccc(-c2nc(-c3ccccc3)c(-c3ccccc3)nc2-c2cccc(-c3nc(-c4ccccc4)nc(-c4ccccc4)n3)c2)cc1. The van der Waals surface area contributed by atoms with Crippen molar-refractivity contribution in [3.63, 3.8) is 0 Å². The van der Waals surface area contributed by atoms with E-state index in [9.17, 15) is 5.26 Å². The van der Waals surface area contributed by atoms with E-state index < -0.39 is 0 Å². The van der Waals surface area contributed by atoms with E-state index in [0.717, 1.165) is 50.3 Å². The standard InChI is InChI=1S/C44H28N6/c45-29-30-24-26-33(27-25-30)40-41(47-39(32-16-7-2-8-17-32)38(46-40)31-14-5-1-6-15-31)36-22-13-23-37(28-36)44-49-42(34-18-9-3-10-19-34)48-43(50-44)35-20-11-4-12-21-35/h1-28H. The van der Waals surface area contributed by atoms with E-state index in [1.54, 1.807) is 0 Å². The van der Waals surface area contributed by atoms with Crippen molar-refractivity contribution in [2.45, 2.75) is 0 Å². The maximum atomic E-state index is 9.52. The van der Waals surface area contributed by atoms with Gasteiger partial charge in [-0.1, -0.05) is 152 Å². The Morgan fingerprint density at radius 2 is 0.640 bits per heavy atom. The number of nitrogens with zero attached hydrogens (tertiary/aromatic N) is 6. The van der Waals surface area contributed by atoms with Gasteiger partial charge in [-0.15, -0.1) is 0 Å². The van der Waals surface area contributed by atoms with Crippen LogP contribution in [0.2, 0.25) is 0 Å². The number of hydrogen-bond acceptors (Lipinski definition) is 6. The lowest BCUT2D eigenvalue weighted by Gasteiger charge is -2.16. The summed E-state index contributed by atoms with van der Waals surface area (Å²) in [6, 6.07) is 57.9. The van der Waals surface area contributed by atoms with Gasteiger partial charge in [0.05, 0.1) is 34.4 Å². The third kappa shape index (κ3) is 6.15. The Morgan fingerprint density at radius 1 is 0.300 bits per heavy atom. The van der Waals surface area contributed by atoms with Crippen LogP contribution in [0.25, 0.3) is 79.2 Å². The molecule has 0 spiro atoms. The molecular formula is C44H28N6. The predicted octanol–water partition coefficient (Wildman–Crippen LogP) is 10.2. The van der Waals surface area contributed by atoms with Crippen molar-refractivity contribution in [3.05, 3.63) is 175 Å². The molecule has 0 aliphatic rings. The zero-order chi connectivity index (χ0) is 33.7. The molecule has 0 bridgehead atoms. The second-order valence-electron chi connectivity index (χ2n) is 11.7. The normalized spacial score (nSPS) is 10.8. The number of nitriles is 1. The van der Waals surface area contributed by atoms with Gasteiger partial charge < -0.3 is 0 Å². The fourth-order valence-corrected chi connectivity index (χ4v) is 5.88. The smallest absolute Gasteiger partial charge is 0.164 e. The van der Waals surface area contributed by atoms with Crippen LogP contribution in [-0.4, -0.2) is 24.9 Å². The van der Waals surface area contributed by atoms with Crippen molar-refractivity contribution >= 4 is 0 Å². The van der Waals surface area contributed by atoms with Gasteiger partial charge in [0.25, 0.3) is 0 Å². The lowest BCUT2D eigenvalue weighted by molar-refractivity contribution is 1.07. The average molecular weight is 641 g/mol. The number of benzene rings is 6. The largest absolute Gasteiger partial charge is 0.243 e. The summed E-state index contributed by atoms with van der Waals surface area (Å²) in [6.45, 7) is 0. The monoisotopic (exact) mass is 640 g/mol. The topological polar surface area (TPSA) is 88.2 Å². The molecule has 0 N–H and O–H groups in total. The minimum Gasteiger partial charge on any atom is -0.243 e. The van der Waals surface area contributed by atoms with Crippen LogP contribution in [0.4, 0.5) is 0 Å².